The molecule has 2 aromatic rings. The topological polar surface area (TPSA) is 65.5 Å². The van der Waals surface area contributed by atoms with Gasteiger partial charge < -0.3 is 19.4 Å². The van der Waals surface area contributed by atoms with Gasteiger partial charge in [0.05, 0.1) is 24.5 Å². The zero-order chi connectivity index (χ0) is 21.1. The van der Waals surface area contributed by atoms with Crippen molar-refractivity contribution >= 4 is 23.0 Å². The van der Waals surface area contributed by atoms with Crippen LogP contribution in [0.1, 0.15) is 10.4 Å². The van der Waals surface area contributed by atoms with Crippen LogP contribution in [0.4, 0.5) is 25.8 Å². The van der Waals surface area contributed by atoms with Crippen LogP contribution in [0, 0.1) is 16.5 Å². The van der Waals surface area contributed by atoms with Gasteiger partial charge in [0, 0.05) is 51.0 Å². The number of morpholine rings is 1. The summed E-state index contributed by atoms with van der Waals surface area (Å²) in [6, 6.07) is 8.37. The maximum Gasteiger partial charge on any atom is 0.256 e. The van der Waals surface area contributed by atoms with E-state index in [0.717, 1.165) is 11.8 Å². The number of ether oxygens (including phenoxy) is 1. The minimum atomic E-state index is -0.621. The molecule has 0 radical (unpaired) electrons. The summed E-state index contributed by atoms with van der Waals surface area (Å²) in [6.45, 7) is 4.08. The highest BCUT2D eigenvalue weighted by Crippen LogP contribution is 2.29. The fourth-order valence-corrected chi connectivity index (χ4v) is 3.89. The van der Waals surface area contributed by atoms with E-state index < -0.39 is 11.6 Å². The second kappa shape index (κ2) is 8.74. The Morgan fingerprint density at radius 3 is 2.20 bits per heavy atom. The number of nitroso groups, excluding NO2 is 1. The lowest BCUT2D eigenvalue weighted by atomic mass is 10.1. The Morgan fingerprint density at radius 2 is 1.53 bits per heavy atom. The summed E-state index contributed by atoms with van der Waals surface area (Å²) in [4.78, 5) is 29.8. The van der Waals surface area contributed by atoms with E-state index in [0.29, 0.717) is 63.7 Å². The molecule has 4 rings (SSSR count). The lowest BCUT2D eigenvalue weighted by Crippen LogP contribution is -2.49. The number of hydrogen-bond donors (Lipinski definition) is 0. The maximum atomic E-state index is 14.1. The molecule has 0 saturated carbocycles. The number of nitrogens with zero attached hydrogens (tertiary/aromatic N) is 4. The second-order valence-electron chi connectivity index (χ2n) is 7.27. The van der Waals surface area contributed by atoms with E-state index in [1.807, 2.05) is 0 Å². The molecule has 0 N–H and O–H groups in total. The molecule has 158 valence electrons. The van der Waals surface area contributed by atoms with E-state index in [4.69, 9.17) is 4.74 Å². The van der Waals surface area contributed by atoms with Crippen LogP contribution >= 0.6 is 0 Å². The summed E-state index contributed by atoms with van der Waals surface area (Å²) in [5.74, 6) is -1.43. The fraction of sp³-hybridized carbons (Fsp3) is 0.381. The number of carbonyl (C=O) groups is 1. The van der Waals surface area contributed by atoms with Gasteiger partial charge in [-0.1, -0.05) is 0 Å². The number of anilines is 2. The average molecular weight is 416 g/mol. The normalized spacial score (nSPS) is 17.2. The van der Waals surface area contributed by atoms with E-state index in [2.05, 4.69) is 10.1 Å². The predicted octanol–water partition coefficient (Wildman–Crippen LogP) is 3.16. The van der Waals surface area contributed by atoms with Crippen molar-refractivity contribution in [1.82, 2.24) is 4.90 Å². The quantitative estimate of drug-likeness (QED) is 0.717. The Morgan fingerprint density at radius 1 is 0.867 bits per heavy atom. The average Bonchev–Trinajstić information content (AvgIpc) is 2.79. The first-order valence-electron chi connectivity index (χ1n) is 9.86. The van der Waals surface area contributed by atoms with Crippen LogP contribution < -0.4 is 9.80 Å². The van der Waals surface area contributed by atoms with Gasteiger partial charge in [0.1, 0.15) is 17.3 Å². The molecule has 2 saturated heterocycles. The maximum absolute atomic E-state index is 14.1. The first kappa shape index (κ1) is 20.2. The Labute approximate surface area is 172 Å². The van der Waals surface area contributed by atoms with E-state index in [-0.39, 0.29) is 11.6 Å². The van der Waals surface area contributed by atoms with Gasteiger partial charge in [-0.25, -0.2) is 8.78 Å². The monoisotopic (exact) mass is 416 g/mol. The molecule has 1 amide bonds. The van der Waals surface area contributed by atoms with Crippen LogP contribution in [0.5, 0.6) is 0 Å². The van der Waals surface area contributed by atoms with Gasteiger partial charge in [-0.05, 0) is 35.5 Å². The SMILES string of the molecule is O=Nc1ccc(N2CCOCC2)c(C(=O)N2CCN(c3ccc(F)cc3F)CC2)c1. The molecular formula is C21H22F2N4O3. The number of hydrogen-bond acceptors (Lipinski definition) is 6. The summed E-state index contributed by atoms with van der Waals surface area (Å²) in [5.41, 5.74) is 1.70. The molecule has 2 fully saturated rings. The number of carbonyl (C=O) groups excluding carboxylic acids is 1. The van der Waals surface area contributed by atoms with Crippen molar-refractivity contribution in [3.8, 4) is 0 Å². The summed E-state index contributed by atoms with van der Waals surface area (Å²) < 4.78 is 32.6. The summed E-state index contributed by atoms with van der Waals surface area (Å²) in [7, 11) is 0. The van der Waals surface area contributed by atoms with Gasteiger partial charge in [-0.2, -0.15) is 0 Å². The van der Waals surface area contributed by atoms with Crippen molar-refractivity contribution in [2.24, 2.45) is 5.18 Å². The molecular weight excluding hydrogens is 394 g/mol. The van der Waals surface area contributed by atoms with Gasteiger partial charge in [0.25, 0.3) is 5.91 Å². The minimum absolute atomic E-state index is 0.193. The van der Waals surface area contributed by atoms with Gasteiger partial charge in [0.2, 0.25) is 0 Å². The summed E-state index contributed by atoms with van der Waals surface area (Å²) in [5, 5.41) is 2.97. The highest BCUT2D eigenvalue weighted by molar-refractivity contribution is 6.01. The van der Waals surface area contributed by atoms with E-state index in [1.165, 1.54) is 18.2 Å². The standard InChI is InChI=1S/C21H22F2N4O3/c22-15-1-3-20(18(23)13-15)25-5-7-27(8-6-25)21(28)17-14-16(24-29)2-4-19(17)26-9-11-30-12-10-26/h1-4,13-14H,5-12H2. The van der Waals surface area contributed by atoms with E-state index in [1.54, 1.807) is 21.9 Å². The van der Waals surface area contributed by atoms with E-state index >= 15 is 0 Å². The molecule has 0 bridgehead atoms. The van der Waals surface area contributed by atoms with Crippen LogP contribution in [0.15, 0.2) is 41.6 Å². The van der Waals surface area contributed by atoms with Crippen molar-refractivity contribution in [3.05, 3.63) is 58.5 Å². The molecule has 30 heavy (non-hydrogen) atoms. The van der Waals surface area contributed by atoms with Crippen molar-refractivity contribution in [2.75, 3.05) is 62.3 Å². The van der Waals surface area contributed by atoms with Crippen LogP contribution in [0.3, 0.4) is 0 Å². The lowest BCUT2D eigenvalue weighted by Gasteiger charge is -2.37. The van der Waals surface area contributed by atoms with Crippen LogP contribution in [-0.2, 0) is 4.74 Å². The fourth-order valence-electron chi connectivity index (χ4n) is 3.89. The zero-order valence-corrected chi connectivity index (χ0v) is 16.4. The summed E-state index contributed by atoms with van der Waals surface area (Å²) >= 11 is 0. The number of rotatable bonds is 4. The number of halogens is 2. The zero-order valence-electron chi connectivity index (χ0n) is 16.4. The van der Waals surface area contributed by atoms with Gasteiger partial charge in [-0.15, -0.1) is 4.91 Å². The molecule has 2 aromatic carbocycles. The molecule has 7 nitrogen and oxygen atoms in total. The molecule has 2 aliphatic rings. The molecule has 2 heterocycles. The largest absolute Gasteiger partial charge is 0.378 e. The Kier molecular flexibility index (Phi) is 5.89. The van der Waals surface area contributed by atoms with Crippen molar-refractivity contribution < 1.29 is 18.3 Å². The molecule has 2 aliphatic heterocycles. The van der Waals surface area contributed by atoms with Gasteiger partial charge >= 0.3 is 0 Å². The van der Waals surface area contributed by atoms with Crippen molar-refractivity contribution in [1.29, 1.82) is 0 Å². The van der Waals surface area contributed by atoms with Crippen LogP contribution in [0.2, 0.25) is 0 Å². The van der Waals surface area contributed by atoms with Crippen molar-refractivity contribution in [3.63, 3.8) is 0 Å². The first-order chi connectivity index (χ1) is 14.6. The number of amides is 1. The Balaban J connectivity index is 1.51. The third-order valence-electron chi connectivity index (χ3n) is 5.49. The van der Waals surface area contributed by atoms with Gasteiger partial charge in [-0.3, -0.25) is 4.79 Å². The van der Waals surface area contributed by atoms with Crippen LogP contribution in [0.25, 0.3) is 0 Å². The predicted molar refractivity (Wildman–Crippen MR) is 109 cm³/mol. The number of piperazine rings is 1. The smallest absolute Gasteiger partial charge is 0.256 e. The molecule has 0 aromatic heterocycles. The highest BCUT2D eigenvalue weighted by Gasteiger charge is 2.27. The third kappa shape index (κ3) is 4.11. The molecule has 0 spiro atoms. The minimum Gasteiger partial charge on any atom is -0.378 e. The summed E-state index contributed by atoms with van der Waals surface area (Å²) in [6.07, 6.45) is 0. The highest BCUT2D eigenvalue weighted by atomic mass is 19.1. The Hall–Kier alpha value is -3.07. The first-order valence-corrected chi connectivity index (χ1v) is 9.86. The lowest BCUT2D eigenvalue weighted by molar-refractivity contribution is 0.0746. The van der Waals surface area contributed by atoms with E-state index in [9.17, 15) is 18.5 Å². The van der Waals surface area contributed by atoms with Crippen molar-refractivity contribution in [2.45, 2.75) is 0 Å². The molecule has 9 heteroatoms. The molecule has 0 atom stereocenters. The third-order valence-corrected chi connectivity index (χ3v) is 5.49. The Bertz CT molecular complexity index is 942. The molecule has 0 unspecified atom stereocenters. The molecule has 0 aliphatic carbocycles. The second-order valence-corrected chi connectivity index (χ2v) is 7.27. The number of benzene rings is 2. The van der Waals surface area contributed by atoms with Gasteiger partial charge in [0.15, 0.2) is 0 Å². The van der Waals surface area contributed by atoms with Crippen LogP contribution in [-0.4, -0.2) is 63.3 Å².